The maximum atomic E-state index is 2.66. The Morgan fingerprint density at radius 1 is 0.545 bits per heavy atom. The van der Waals surface area contributed by atoms with Gasteiger partial charge in [-0.25, -0.2) is 0 Å². The molecule has 0 amide bonds. The fraction of sp³-hybridized carbons (Fsp3) is 0.190. The third-order valence-corrected chi connectivity index (χ3v) is 10.5. The Bertz CT molecular complexity index is 1820. The molecule has 6 aliphatic rings. The molecule has 214 valence electrons. The van der Waals surface area contributed by atoms with E-state index in [9.17, 15) is 0 Å². The summed E-state index contributed by atoms with van der Waals surface area (Å²) < 4.78 is 0. The Morgan fingerprint density at radius 2 is 1.23 bits per heavy atom. The van der Waals surface area contributed by atoms with Gasteiger partial charge in [-0.15, -0.1) is 0 Å². The molecule has 0 saturated carbocycles. The molecule has 7 unspecified atom stereocenters. The average molecular weight is 569 g/mol. The predicted octanol–water partition coefficient (Wildman–Crippen LogP) is 9.23. The van der Waals surface area contributed by atoms with Gasteiger partial charge in [0.1, 0.15) is 0 Å². The van der Waals surface area contributed by atoms with Crippen molar-refractivity contribution in [1.82, 2.24) is 0 Å². The summed E-state index contributed by atoms with van der Waals surface area (Å²) in [4.78, 5) is 5.21. The standard InChI is InChI=1S/C42H36N2/c1-3-11-29(12-4-1)30-19-23-34(24-20-30)44-40-18-10-8-16-36(40)38-28-32(22-26-42(38)44)31-21-25-41-37(27-31)35-15-7-9-17-39(35)43(41)33-13-5-2-6-14-33/h1-20,22-28,31,35-36,38-40,42H,21H2. The number of allylic oxidation sites excluding steroid dienone is 9. The van der Waals surface area contributed by atoms with Crippen LogP contribution in [0.5, 0.6) is 0 Å². The topological polar surface area (TPSA) is 6.48 Å². The Labute approximate surface area is 260 Å². The van der Waals surface area contributed by atoms with Gasteiger partial charge in [0.2, 0.25) is 0 Å². The average Bonchev–Trinajstić information content (AvgIpc) is 3.61. The number of fused-ring (bicyclic) bond motifs is 6. The summed E-state index contributed by atoms with van der Waals surface area (Å²) in [5.41, 5.74) is 9.46. The molecule has 9 rings (SSSR count). The molecule has 0 radical (unpaired) electrons. The number of hydrogen-bond donors (Lipinski definition) is 0. The Kier molecular flexibility index (Phi) is 6.07. The maximum absolute atomic E-state index is 2.66. The second-order valence-corrected chi connectivity index (χ2v) is 12.8. The van der Waals surface area contributed by atoms with Gasteiger partial charge in [0.05, 0.1) is 18.1 Å². The van der Waals surface area contributed by atoms with Gasteiger partial charge in [0, 0.05) is 40.7 Å². The van der Waals surface area contributed by atoms with Crippen LogP contribution in [0.15, 0.2) is 181 Å². The van der Waals surface area contributed by atoms with Gasteiger partial charge in [-0.2, -0.15) is 0 Å². The number of nitrogens with zero attached hydrogens (tertiary/aromatic N) is 2. The van der Waals surface area contributed by atoms with E-state index in [1.165, 1.54) is 39.3 Å². The van der Waals surface area contributed by atoms with Crippen molar-refractivity contribution in [2.45, 2.75) is 24.5 Å². The second kappa shape index (κ2) is 10.4. The smallest absolute Gasteiger partial charge is 0.0629 e. The van der Waals surface area contributed by atoms with Crippen molar-refractivity contribution in [2.24, 2.45) is 23.7 Å². The number of rotatable bonds is 4. The van der Waals surface area contributed by atoms with Crippen LogP contribution in [-0.4, -0.2) is 18.1 Å². The van der Waals surface area contributed by atoms with Crippen LogP contribution in [0.2, 0.25) is 0 Å². The molecule has 3 aromatic rings. The minimum Gasteiger partial charge on any atom is -0.357 e. The Hall–Kier alpha value is -4.82. The first-order chi connectivity index (χ1) is 21.8. The molecule has 44 heavy (non-hydrogen) atoms. The summed E-state index contributed by atoms with van der Waals surface area (Å²) in [6.45, 7) is 0. The summed E-state index contributed by atoms with van der Waals surface area (Å²) >= 11 is 0. The summed E-state index contributed by atoms with van der Waals surface area (Å²) in [5.74, 6) is 1.72. The van der Waals surface area contributed by atoms with Crippen molar-refractivity contribution in [1.29, 1.82) is 0 Å². The molecule has 2 heteroatoms. The van der Waals surface area contributed by atoms with Gasteiger partial charge >= 0.3 is 0 Å². The zero-order valence-corrected chi connectivity index (χ0v) is 24.7. The Balaban J connectivity index is 1.02. The van der Waals surface area contributed by atoms with E-state index in [2.05, 4.69) is 174 Å². The summed E-state index contributed by atoms with van der Waals surface area (Å²) in [6, 6.07) is 31.8. The van der Waals surface area contributed by atoms with Crippen molar-refractivity contribution < 1.29 is 0 Å². The van der Waals surface area contributed by atoms with Gasteiger partial charge in [-0.05, 0) is 53.0 Å². The summed E-state index contributed by atoms with van der Waals surface area (Å²) in [7, 11) is 0. The van der Waals surface area contributed by atoms with Crippen LogP contribution in [0.3, 0.4) is 0 Å². The molecule has 2 heterocycles. The largest absolute Gasteiger partial charge is 0.357 e. The molecule has 7 atom stereocenters. The monoisotopic (exact) mass is 568 g/mol. The summed E-state index contributed by atoms with van der Waals surface area (Å²) in [5, 5.41) is 0. The van der Waals surface area contributed by atoms with E-state index in [-0.39, 0.29) is 0 Å². The van der Waals surface area contributed by atoms with E-state index >= 15 is 0 Å². The highest BCUT2D eigenvalue weighted by atomic mass is 15.2. The highest BCUT2D eigenvalue weighted by molar-refractivity contribution is 5.69. The van der Waals surface area contributed by atoms with Crippen LogP contribution in [-0.2, 0) is 0 Å². The van der Waals surface area contributed by atoms with Crippen molar-refractivity contribution in [3.05, 3.63) is 181 Å². The van der Waals surface area contributed by atoms with E-state index in [1.807, 2.05) is 0 Å². The lowest BCUT2D eigenvalue weighted by Crippen LogP contribution is -2.37. The van der Waals surface area contributed by atoms with Crippen LogP contribution < -0.4 is 9.80 Å². The third kappa shape index (κ3) is 4.08. The van der Waals surface area contributed by atoms with Crippen LogP contribution in [0.1, 0.15) is 6.42 Å². The number of hydrogen-bond acceptors (Lipinski definition) is 2. The van der Waals surface area contributed by atoms with Gasteiger partial charge in [0.15, 0.2) is 0 Å². The van der Waals surface area contributed by atoms with Crippen molar-refractivity contribution in [2.75, 3.05) is 9.80 Å². The highest BCUT2D eigenvalue weighted by Gasteiger charge is 2.47. The van der Waals surface area contributed by atoms with Crippen LogP contribution in [0.25, 0.3) is 11.1 Å². The third-order valence-electron chi connectivity index (χ3n) is 10.5. The van der Waals surface area contributed by atoms with Gasteiger partial charge in [0.25, 0.3) is 0 Å². The molecular formula is C42H36N2. The lowest BCUT2D eigenvalue weighted by atomic mass is 9.77. The SMILES string of the molecule is C1=CC2C3=CC(C4=CC5C6C=CC=CC6N(c6ccc(-c7ccccc7)cc6)C5C=C4)CC=C3N(c3ccccc3)C2C=C1. The zero-order valence-electron chi connectivity index (χ0n) is 24.7. The van der Waals surface area contributed by atoms with Crippen molar-refractivity contribution in [3.8, 4) is 11.1 Å². The molecule has 2 saturated heterocycles. The number of anilines is 2. The van der Waals surface area contributed by atoms with Crippen molar-refractivity contribution in [3.63, 3.8) is 0 Å². The summed E-state index contributed by atoms with van der Waals surface area (Å²) in [6.07, 6.45) is 32.3. The molecule has 0 spiro atoms. The fourth-order valence-corrected chi connectivity index (χ4v) is 8.49. The van der Waals surface area contributed by atoms with E-state index < -0.39 is 0 Å². The first-order valence-electron chi connectivity index (χ1n) is 16.1. The molecule has 4 aliphatic carbocycles. The molecular weight excluding hydrogens is 532 g/mol. The minimum absolute atomic E-state index is 0.343. The first kappa shape index (κ1) is 25.7. The zero-order chi connectivity index (χ0) is 29.0. The molecule has 3 aromatic carbocycles. The minimum atomic E-state index is 0.343. The Morgan fingerprint density at radius 3 is 2.05 bits per heavy atom. The van der Waals surface area contributed by atoms with Gasteiger partial charge in [-0.1, -0.05) is 140 Å². The fourth-order valence-electron chi connectivity index (χ4n) is 8.49. The molecule has 0 N–H and O–H groups in total. The van der Waals surface area contributed by atoms with Crippen LogP contribution >= 0.6 is 0 Å². The van der Waals surface area contributed by atoms with E-state index in [1.54, 1.807) is 0 Å². The first-order valence-corrected chi connectivity index (χ1v) is 16.1. The van der Waals surface area contributed by atoms with Crippen molar-refractivity contribution >= 4 is 11.4 Å². The van der Waals surface area contributed by atoms with E-state index in [0.29, 0.717) is 41.8 Å². The normalized spacial score (nSPS) is 30.7. The highest BCUT2D eigenvalue weighted by Crippen LogP contribution is 2.50. The lowest BCUT2D eigenvalue weighted by Gasteiger charge is -2.33. The van der Waals surface area contributed by atoms with Gasteiger partial charge < -0.3 is 9.80 Å². The maximum Gasteiger partial charge on any atom is 0.0629 e. The number of para-hydroxylation sites is 1. The van der Waals surface area contributed by atoms with Crippen LogP contribution in [0.4, 0.5) is 11.4 Å². The van der Waals surface area contributed by atoms with E-state index in [0.717, 1.165) is 6.42 Å². The molecule has 2 nitrogen and oxygen atoms in total. The second-order valence-electron chi connectivity index (χ2n) is 12.8. The predicted molar refractivity (Wildman–Crippen MR) is 183 cm³/mol. The molecule has 0 aromatic heterocycles. The number of benzene rings is 3. The lowest BCUT2D eigenvalue weighted by molar-refractivity contribution is 0.518. The van der Waals surface area contributed by atoms with E-state index in [4.69, 9.17) is 0 Å². The molecule has 2 fully saturated rings. The quantitative estimate of drug-likeness (QED) is 0.310. The van der Waals surface area contributed by atoms with Gasteiger partial charge in [-0.3, -0.25) is 0 Å². The molecule has 2 aliphatic heterocycles. The van der Waals surface area contributed by atoms with Crippen LogP contribution in [0, 0.1) is 23.7 Å². The molecule has 0 bridgehead atoms.